The number of rotatable bonds is 4. The van der Waals surface area contributed by atoms with Gasteiger partial charge in [0.1, 0.15) is 12.0 Å². The standard InChI is InChI=1S/C17H13IO4/c1-12-6-8-13(9-7-12)22-16(19)10-11-21-17(20)14-4-2-3-5-15(14)18/h2-11H,1H3/b11-10+. The lowest BCUT2D eigenvalue weighted by Crippen LogP contribution is -2.06. The Morgan fingerprint density at radius 2 is 1.73 bits per heavy atom. The summed E-state index contributed by atoms with van der Waals surface area (Å²) in [5.41, 5.74) is 1.52. The van der Waals surface area contributed by atoms with Crippen molar-refractivity contribution in [1.82, 2.24) is 0 Å². The molecule has 0 aliphatic heterocycles. The molecule has 0 heterocycles. The Balaban J connectivity index is 1.89. The molecule has 0 N–H and O–H groups in total. The Labute approximate surface area is 141 Å². The SMILES string of the molecule is Cc1ccc(OC(=O)/C=C/OC(=O)c2ccccc2I)cc1. The maximum absolute atomic E-state index is 11.8. The third-order valence-corrected chi connectivity index (χ3v) is 3.65. The van der Waals surface area contributed by atoms with Gasteiger partial charge in [-0.25, -0.2) is 9.59 Å². The quantitative estimate of drug-likeness (QED) is 0.253. The van der Waals surface area contributed by atoms with Crippen LogP contribution in [0, 0.1) is 10.5 Å². The number of halogens is 1. The molecule has 0 radical (unpaired) electrons. The molecule has 112 valence electrons. The summed E-state index contributed by atoms with van der Waals surface area (Å²) in [6, 6.07) is 14.1. The van der Waals surface area contributed by atoms with E-state index in [1.807, 2.05) is 47.7 Å². The van der Waals surface area contributed by atoms with Gasteiger partial charge in [0.2, 0.25) is 0 Å². The van der Waals surface area contributed by atoms with Gasteiger partial charge >= 0.3 is 11.9 Å². The molecule has 0 saturated carbocycles. The van der Waals surface area contributed by atoms with Crippen LogP contribution < -0.4 is 4.74 Å². The molecule has 0 unspecified atom stereocenters. The molecule has 0 amide bonds. The molecule has 5 heteroatoms. The number of benzene rings is 2. The number of ether oxygens (including phenoxy) is 2. The van der Waals surface area contributed by atoms with Crippen molar-refractivity contribution in [1.29, 1.82) is 0 Å². The summed E-state index contributed by atoms with van der Waals surface area (Å²) in [4.78, 5) is 23.4. The molecule has 2 aromatic carbocycles. The van der Waals surface area contributed by atoms with Gasteiger partial charge in [0, 0.05) is 3.57 Å². The van der Waals surface area contributed by atoms with Crippen molar-refractivity contribution < 1.29 is 19.1 Å². The lowest BCUT2D eigenvalue weighted by Gasteiger charge is -2.02. The van der Waals surface area contributed by atoms with Gasteiger partial charge in [0.05, 0.1) is 11.6 Å². The smallest absolute Gasteiger partial charge is 0.344 e. The number of aryl methyl sites for hydroxylation is 1. The predicted octanol–water partition coefficient (Wildman–Crippen LogP) is 3.88. The van der Waals surface area contributed by atoms with Crippen LogP contribution >= 0.6 is 22.6 Å². The summed E-state index contributed by atoms with van der Waals surface area (Å²) >= 11 is 2.04. The number of carbonyl (C=O) groups excluding carboxylic acids is 2. The second-order valence-corrected chi connectivity index (χ2v) is 5.58. The third kappa shape index (κ3) is 4.70. The first kappa shape index (κ1) is 16.2. The van der Waals surface area contributed by atoms with Crippen molar-refractivity contribution in [2.45, 2.75) is 6.92 Å². The minimum Gasteiger partial charge on any atom is -0.431 e. The van der Waals surface area contributed by atoms with Crippen LogP contribution in [0.1, 0.15) is 15.9 Å². The average molecular weight is 408 g/mol. The van der Waals surface area contributed by atoms with Gasteiger partial charge in [-0.05, 0) is 53.8 Å². The fourth-order valence-electron chi connectivity index (χ4n) is 1.60. The molecule has 0 spiro atoms. The molecule has 2 aromatic rings. The number of hydrogen-bond donors (Lipinski definition) is 0. The fourth-order valence-corrected chi connectivity index (χ4v) is 2.21. The Bertz CT molecular complexity index is 705. The Morgan fingerprint density at radius 3 is 2.41 bits per heavy atom. The van der Waals surface area contributed by atoms with E-state index in [2.05, 4.69) is 0 Å². The van der Waals surface area contributed by atoms with Crippen LogP contribution in [0.3, 0.4) is 0 Å². The minimum atomic E-state index is -0.612. The molecule has 0 bridgehead atoms. The second-order valence-electron chi connectivity index (χ2n) is 4.42. The molecule has 0 atom stereocenters. The van der Waals surface area contributed by atoms with Crippen molar-refractivity contribution in [2.75, 3.05) is 0 Å². The van der Waals surface area contributed by atoms with E-state index in [1.54, 1.807) is 30.3 Å². The van der Waals surface area contributed by atoms with Gasteiger partial charge in [-0.3, -0.25) is 0 Å². The zero-order valence-corrected chi connectivity index (χ0v) is 13.9. The summed E-state index contributed by atoms with van der Waals surface area (Å²) in [7, 11) is 0. The van der Waals surface area contributed by atoms with E-state index in [0.29, 0.717) is 11.3 Å². The second kappa shape index (κ2) is 7.74. The first-order valence-corrected chi connectivity index (χ1v) is 7.54. The van der Waals surface area contributed by atoms with Gasteiger partial charge in [-0.15, -0.1) is 0 Å². The monoisotopic (exact) mass is 408 g/mol. The van der Waals surface area contributed by atoms with Crippen molar-refractivity contribution in [3.63, 3.8) is 0 Å². The summed E-state index contributed by atoms with van der Waals surface area (Å²) in [6.07, 6.45) is 2.09. The van der Waals surface area contributed by atoms with E-state index < -0.39 is 11.9 Å². The highest BCUT2D eigenvalue weighted by Crippen LogP contribution is 2.13. The van der Waals surface area contributed by atoms with Crippen molar-refractivity contribution in [2.24, 2.45) is 0 Å². The number of carbonyl (C=O) groups is 2. The maximum atomic E-state index is 11.8. The molecule has 0 aliphatic rings. The van der Waals surface area contributed by atoms with E-state index >= 15 is 0 Å². The van der Waals surface area contributed by atoms with Crippen LogP contribution in [-0.2, 0) is 9.53 Å². The summed E-state index contributed by atoms with van der Waals surface area (Å²) in [5.74, 6) is -0.701. The number of esters is 2. The van der Waals surface area contributed by atoms with Gasteiger partial charge in [0.15, 0.2) is 0 Å². The molecule has 0 fully saturated rings. The van der Waals surface area contributed by atoms with Crippen LogP contribution in [0.2, 0.25) is 0 Å². The largest absolute Gasteiger partial charge is 0.431 e. The lowest BCUT2D eigenvalue weighted by atomic mass is 10.2. The molecule has 0 aliphatic carbocycles. The van der Waals surface area contributed by atoms with Crippen molar-refractivity contribution >= 4 is 34.5 Å². The first-order valence-electron chi connectivity index (χ1n) is 6.47. The summed E-state index contributed by atoms with van der Waals surface area (Å²) < 4.78 is 10.8. The zero-order chi connectivity index (χ0) is 15.9. The normalized spacial score (nSPS) is 10.5. The van der Waals surface area contributed by atoms with E-state index in [4.69, 9.17) is 9.47 Å². The zero-order valence-electron chi connectivity index (χ0n) is 11.8. The minimum absolute atomic E-state index is 0.434. The topological polar surface area (TPSA) is 52.6 Å². The highest BCUT2D eigenvalue weighted by atomic mass is 127. The molecular formula is C17H13IO4. The molecule has 4 nitrogen and oxygen atoms in total. The highest BCUT2D eigenvalue weighted by molar-refractivity contribution is 14.1. The van der Waals surface area contributed by atoms with E-state index in [9.17, 15) is 9.59 Å². The van der Waals surface area contributed by atoms with Crippen molar-refractivity contribution in [3.8, 4) is 5.75 Å². The lowest BCUT2D eigenvalue weighted by molar-refractivity contribution is -0.129. The van der Waals surface area contributed by atoms with E-state index in [1.165, 1.54) is 0 Å². The Kier molecular flexibility index (Phi) is 5.71. The molecular weight excluding hydrogens is 395 g/mol. The predicted molar refractivity (Wildman–Crippen MR) is 90.5 cm³/mol. The van der Waals surface area contributed by atoms with Crippen LogP contribution in [0.4, 0.5) is 0 Å². The van der Waals surface area contributed by atoms with Crippen LogP contribution in [0.5, 0.6) is 5.75 Å². The maximum Gasteiger partial charge on any atom is 0.344 e. The highest BCUT2D eigenvalue weighted by Gasteiger charge is 2.09. The van der Waals surface area contributed by atoms with Crippen LogP contribution in [-0.4, -0.2) is 11.9 Å². The van der Waals surface area contributed by atoms with Crippen LogP contribution in [0.15, 0.2) is 60.9 Å². The van der Waals surface area contributed by atoms with E-state index in [-0.39, 0.29) is 0 Å². The molecule has 22 heavy (non-hydrogen) atoms. The average Bonchev–Trinajstić information content (AvgIpc) is 2.50. The summed E-state index contributed by atoms with van der Waals surface area (Å²) in [6.45, 7) is 1.94. The first-order chi connectivity index (χ1) is 10.6. The van der Waals surface area contributed by atoms with Gasteiger partial charge in [-0.2, -0.15) is 0 Å². The Morgan fingerprint density at radius 1 is 1.05 bits per heavy atom. The number of hydrogen-bond acceptors (Lipinski definition) is 4. The molecule has 0 aromatic heterocycles. The van der Waals surface area contributed by atoms with Crippen molar-refractivity contribution in [3.05, 3.63) is 75.6 Å². The molecule has 0 saturated heterocycles. The Hall–Kier alpha value is -2.15. The van der Waals surface area contributed by atoms with Crippen LogP contribution in [0.25, 0.3) is 0 Å². The third-order valence-electron chi connectivity index (χ3n) is 2.71. The van der Waals surface area contributed by atoms with Gasteiger partial charge in [-0.1, -0.05) is 29.8 Å². The van der Waals surface area contributed by atoms with Gasteiger partial charge < -0.3 is 9.47 Å². The van der Waals surface area contributed by atoms with Gasteiger partial charge in [0.25, 0.3) is 0 Å². The molecule has 2 rings (SSSR count). The van der Waals surface area contributed by atoms with E-state index in [0.717, 1.165) is 21.5 Å². The fraction of sp³-hybridized carbons (Fsp3) is 0.0588. The summed E-state index contributed by atoms with van der Waals surface area (Å²) in [5, 5.41) is 0.